The number of carbonyl (C=O) groups is 1. The molecule has 3 heteroatoms. The van der Waals surface area contributed by atoms with Crippen LogP contribution in [0.5, 0.6) is 0 Å². The van der Waals surface area contributed by atoms with E-state index in [-0.39, 0.29) is 11.3 Å². The molecule has 1 amide bonds. The van der Waals surface area contributed by atoms with Crippen molar-refractivity contribution in [2.75, 3.05) is 27.2 Å². The first-order valence-corrected chi connectivity index (χ1v) is 10.1. The highest BCUT2D eigenvalue weighted by molar-refractivity contribution is 5.76. The van der Waals surface area contributed by atoms with E-state index in [0.717, 1.165) is 25.9 Å². The maximum absolute atomic E-state index is 12.5. The molecule has 0 fully saturated rings. The highest BCUT2D eigenvalue weighted by Crippen LogP contribution is 2.39. The third-order valence-corrected chi connectivity index (χ3v) is 4.89. The topological polar surface area (TPSA) is 33.5 Å². The molecule has 0 aliphatic rings. The van der Waals surface area contributed by atoms with Crippen LogP contribution in [0.1, 0.15) is 91.4 Å². The molecule has 0 aliphatic carbocycles. The van der Waals surface area contributed by atoms with Gasteiger partial charge in [-0.25, -0.2) is 0 Å². The second kappa shape index (κ2) is 13.8. The van der Waals surface area contributed by atoms with Crippen molar-refractivity contribution in [1.29, 1.82) is 0 Å². The fraction of sp³-hybridized carbons (Fsp3) is 0.950. The zero-order valence-electron chi connectivity index (χ0n) is 16.6. The monoisotopic (exact) mass is 327 g/mol. The van der Waals surface area contributed by atoms with Crippen LogP contribution in [0.2, 0.25) is 0 Å². The van der Waals surface area contributed by atoms with Crippen LogP contribution in [0.3, 0.4) is 0 Å². The lowest BCUT2D eigenvalue weighted by molar-refractivity contribution is -0.858. The zero-order chi connectivity index (χ0) is 17.6. The van der Waals surface area contributed by atoms with Gasteiger partial charge in [0.25, 0.3) is 0 Å². The van der Waals surface area contributed by atoms with E-state index in [1.54, 1.807) is 0 Å². The van der Waals surface area contributed by atoms with Crippen molar-refractivity contribution >= 4 is 5.91 Å². The lowest BCUT2D eigenvalue weighted by Crippen LogP contribution is -3.05. The average Bonchev–Trinajstić information content (AvgIpc) is 2.52. The molecule has 2 N–H and O–H groups in total. The van der Waals surface area contributed by atoms with Gasteiger partial charge in [0.05, 0.1) is 20.6 Å². The van der Waals surface area contributed by atoms with E-state index in [9.17, 15) is 4.79 Å². The fourth-order valence-corrected chi connectivity index (χ4v) is 3.37. The van der Waals surface area contributed by atoms with Crippen molar-refractivity contribution in [2.45, 2.75) is 91.4 Å². The van der Waals surface area contributed by atoms with Crippen molar-refractivity contribution in [1.82, 2.24) is 5.32 Å². The third-order valence-electron chi connectivity index (χ3n) is 4.89. The van der Waals surface area contributed by atoms with Crippen LogP contribution in [0, 0.1) is 5.41 Å². The molecule has 23 heavy (non-hydrogen) atoms. The van der Waals surface area contributed by atoms with E-state index in [1.807, 2.05) is 0 Å². The Kier molecular flexibility index (Phi) is 13.5. The summed E-state index contributed by atoms with van der Waals surface area (Å²) in [6.45, 7) is 8.72. The second-order valence-corrected chi connectivity index (χ2v) is 7.65. The minimum absolute atomic E-state index is 0.249. The van der Waals surface area contributed by atoms with Crippen LogP contribution in [0.4, 0.5) is 0 Å². The maximum Gasteiger partial charge on any atom is 0.220 e. The number of hydrogen-bond acceptors (Lipinski definition) is 1. The molecule has 0 saturated heterocycles. The Morgan fingerprint density at radius 3 is 1.74 bits per heavy atom. The molecule has 138 valence electrons. The lowest BCUT2D eigenvalue weighted by Gasteiger charge is -2.34. The molecule has 0 aromatic carbocycles. The van der Waals surface area contributed by atoms with Crippen molar-refractivity contribution in [2.24, 2.45) is 5.41 Å². The van der Waals surface area contributed by atoms with Crippen molar-refractivity contribution in [3.8, 4) is 0 Å². The Bertz CT molecular complexity index is 268. The number of carbonyl (C=O) groups excluding carboxylic acids is 1. The van der Waals surface area contributed by atoms with Gasteiger partial charge in [-0.2, -0.15) is 0 Å². The predicted molar refractivity (Wildman–Crippen MR) is 101 cm³/mol. The van der Waals surface area contributed by atoms with Gasteiger partial charge in [0.15, 0.2) is 0 Å². The van der Waals surface area contributed by atoms with Gasteiger partial charge in [0.1, 0.15) is 0 Å². The van der Waals surface area contributed by atoms with E-state index >= 15 is 0 Å². The second-order valence-electron chi connectivity index (χ2n) is 7.65. The molecule has 0 bridgehead atoms. The van der Waals surface area contributed by atoms with Gasteiger partial charge in [0.2, 0.25) is 5.91 Å². The van der Waals surface area contributed by atoms with E-state index in [4.69, 9.17) is 0 Å². The van der Waals surface area contributed by atoms with E-state index < -0.39 is 0 Å². The van der Waals surface area contributed by atoms with E-state index in [1.165, 1.54) is 62.7 Å². The first-order valence-electron chi connectivity index (χ1n) is 10.1. The Hall–Kier alpha value is -0.570. The summed E-state index contributed by atoms with van der Waals surface area (Å²) in [5.41, 5.74) is 0.249. The molecule has 0 heterocycles. The average molecular weight is 328 g/mol. The number of unbranched alkanes of at least 4 members (excludes halogenated alkanes) is 3. The molecule has 0 saturated carbocycles. The van der Waals surface area contributed by atoms with Crippen LogP contribution < -0.4 is 10.2 Å². The standard InChI is InChI=1S/C20H42N2O/c1-6-9-13-20(14-10-7-2,15-11-8-3)18-19(23)21-16-12-17-22(4)5/h6-18H2,1-5H3,(H,21,23)/p+1. The molecule has 0 aliphatic heterocycles. The molecule has 0 aromatic rings. The Morgan fingerprint density at radius 1 is 0.870 bits per heavy atom. The van der Waals surface area contributed by atoms with Crippen LogP contribution >= 0.6 is 0 Å². The van der Waals surface area contributed by atoms with Crippen LogP contribution in [0.25, 0.3) is 0 Å². The number of nitrogens with one attached hydrogen (secondary N) is 2. The molecular weight excluding hydrogens is 284 g/mol. The molecule has 0 aromatic heterocycles. The summed E-state index contributed by atoms with van der Waals surface area (Å²) in [6.07, 6.45) is 12.9. The molecule has 0 unspecified atom stereocenters. The minimum atomic E-state index is 0.249. The fourth-order valence-electron chi connectivity index (χ4n) is 3.37. The smallest absolute Gasteiger partial charge is 0.220 e. The summed E-state index contributed by atoms with van der Waals surface area (Å²) in [6, 6.07) is 0. The van der Waals surface area contributed by atoms with Gasteiger partial charge in [0, 0.05) is 19.4 Å². The first-order chi connectivity index (χ1) is 11.0. The van der Waals surface area contributed by atoms with Gasteiger partial charge in [-0.15, -0.1) is 0 Å². The van der Waals surface area contributed by atoms with Crippen molar-refractivity contribution < 1.29 is 9.69 Å². The lowest BCUT2D eigenvalue weighted by atomic mass is 9.72. The quantitative estimate of drug-likeness (QED) is 0.443. The maximum atomic E-state index is 12.5. The number of hydrogen-bond donors (Lipinski definition) is 2. The van der Waals surface area contributed by atoms with Crippen molar-refractivity contribution in [3.05, 3.63) is 0 Å². The number of quaternary nitrogens is 1. The summed E-state index contributed by atoms with van der Waals surface area (Å²) in [5.74, 6) is 0.280. The van der Waals surface area contributed by atoms with Crippen LogP contribution in [-0.4, -0.2) is 33.1 Å². The van der Waals surface area contributed by atoms with E-state index in [0.29, 0.717) is 0 Å². The highest BCUT2D eigenvalue weighted by Gasteiger charge is 2.30. The SMILES string of the molecule is CCCCC(CCCC)(CCCC)CC(=O)NCCC[NH+](C)C. The third kappa shape index (κ3) is 11.6. The molecule has 0 spiro atoms. The highest BCUT2D eigenvalue weighted by atomic mass is 16.1. The summed E-state index contributed by atoms with van der Waals surface area (Å²) in [7, 11) is 4.32. The molecule has 0 atom stereocenters. The first kappa shape index (κ1) is 22.4. The van der Waals surface area contributed by atoms with Crippen LogP contribution in [0.15, 0.2) is 0 Å². The zero-order valence-corrected chi connectivity index (χ0v) is 16.6. The van der Waals surface area contributed by atoms with Gasteiger partial charge < -0.3 is 10.2 Å². The Balaban J connectivity index is 4.56. The molecular formula is C20H43N2O+. The summed E-state index contributed by atoms with van der Waals surface area (Å²) in [5, 5.41) is 3.17. The summed E-state index contributed by atoms with van der Waals surface area (Å²) < 4.78 is 0. The van der Waals surface area contributed by atoms with Gasteiger partial charge in [-0.3, -0.25) is 4.79 Å². The molecule has 3 nitrogen and oxygen atoms in total. The predicted octanol–water partition coefficient (Wildman–Crippen LogP) is 3.58. The number of rotatable bonds is 15. The number of amides is 1. The Morgan fingerprint density at radius 2 is 1.35 bits per heavy atom. The normalized spacial score (nSPS) is 11.9. The van der Waals surface area contributed by atoms with Gasteiger partial charge >= 0.3 is 0 Å². The summed E-state index contributed by atoms with van der Waals surface area (Å²) in [4.78, 5) is 13.9. The van der Waals surface area contributed by atoms with Crippen LogP contribution in [-0.2, 0) is 4.79 Å². The van der Waals surface area contributed by atoms with Gasteiger partial charge in [-0.1, -0.05) is 59.3 Å². The van der Waals surface area contributed by atoms with Gasteiger partial charge in [-0.05, 0) is 24.7 Å². The Labute approximate surface area is 145 Å². The van der Waals surface area contributed by atoms with E-state index in [2.05, 4.69) is 40.2 Å². The largest absolute Gasteiger partial charge is 0.356 e. The molecule has 0 rings (SSSR count). The molecule has 0 radical (unpaired) electrons. The van der Waals surface area contributed by atoms with Crippen molar-refractivity contribution in [3.63, 3.8) is 0 Å². The summed E-state index contributed by atoms with van der Waals surface area (Å²) >= 11 is 0. The minimum Gasteiger partial charge on any atom is -0.356 e.